The summed E-state index contributed by atoms with van der Waals surface area (Å²) in [6.07, 6.45) is 4.69. The van der Waals surface area contributed by atoms with Gasteiger partial charge in [0.2, 0.25) is 0 Å². The van der Waals surface area contributed by atoms with Crippen molar-refractivity contribution in [3.8, 4) is 22.8 Å². The van der Waals surface area contributed by atoms with Crippen LogP contribution in [0.3, 0.4) is 0 Å². The van der Waals surface area contributed by atoms with E-state index >= 15 is 0 Å². The molecule has 3 aliphatic heterocycles. The Bertz CT molecular complexity index is 1030. The van der Waals surface area contributed by atoms with Gasteiger partial charge in [0.25, 0.3) is 0 Å². The first-order chi connectivity index (χ1) is 14.8. The summed E-state index contributed by atoms with van der Waals surface area (Å²) in [4.78, 5) is 2.52. The Labute approximate surface area is 176 Å². The molecule has 0 radical (unpaired) electrons. The minimum absolute atomic E-state index is 0.479. The summed E-state index contributed by atoms with van der Waals surface area (Å²) < 4.78 is 17.2. The Hall–Kier alpha value is -3.05. The second-order valence-electron chi connectivity index (χ2n) is 8.02. The van der Waals surface area contributed by atoms with Crippen molar-refractivity contribution in [1.82, 2.24) is 10.1 Å². The maximum Gasteiger partial charge on any atom is 0.160 e. The van der Waals surface area contributed by atoms with Crippen molar-refractivity contribution < 1.29 is 14.0 Å². The standard InChI is InChI=1S/C25H26N2O3/c1-28-21-7-8-23(25(15-21)29-17-18-5-3-2-4-6-18)24-14-22(30-26-24)13-20-16-27-11-9-19(20)10-12-27/h2-8,13-15,19H,9-12,16-17H2,1H3/b20-13+. The summed E-state index contributed by atoms with van der Waals surface area (Å²) >= 11 is 0. The molecular weight excluding hydrogens is 376 g/mol. The zero-order chi connectivity index (χ0) is 20.3. The van der Waals surface area contributed by atoms with Crippen LogP contribution in [0.25, 0.3) is 17.3 Å². The highest BCUT2D eigenvalue weighted by molar-refractivity contribution is 5.70. The highest BCUT2D eigenvalue weighted by Gasteiger charge is 2.29. The zero-order valence-electron chi connectivity index (χ0n) is 17.2. The smallest absolute Gasteiger partial charge is 0.160 e. The van der Waals surface area contributed by atoms with Crippen LogP contribution in [0.5, 0.6) is 11.5 Å². The van der Waals surface area contributed by atoms with Crippen LogP contribution in [-0.4, -0.2) is 36.8 Å². The Morgan fingerprint density at radius 3 is 2.67 bits per heavy atom. The van der Waals surface area contributed by atoms with E-state index in [9.17, 15) is 0 Å². The normalized spacial score (nSPS) is 21.7. The van der Waals surface area contributed by atoms with Gasteiger partial charge in [-0.05, 0) is 61.2 Å². The van der Waals surface area contributed by atoms with Crippen LogP contribution >= 0.6 is 0 Å². The fourth-order valence-corrected chi connectivity index (χ4v) is 4.38. The van der Waals surface area contributed by atoms with Crippen LogP contribution in [-0.2, 0) is 6.61 Å². The molecule has 0 atom stereocenters. The Morgan fingerprint density at radius 1 is 1.10 bits per heavy atom. The molecule has 5 nitrogen and oxygen atoms in total. The van der Waals surface area contributed by atoms with Crippen molar-refractivity contribution in [2.75, 3.05) is 26.7 Å². The van der Waals surface area contributed by atoms with E-state index in [2.05, 4.69) is 16.1 Å². The molecule has 6 rings (SSSR count). The van der Waals surface area contributed by atoms with Gasteiger partial charge in [-0.25, -0.2) is 0 Å². The van der Waals surface area contributed by atoms with Gasteiger partial charge >= 0.3 is 0 Å². The lowest BCUT2D eigenvalue weighted by atomic mass is 9.83. The quantitative estimate of drug-likeness (QED) is 0.578. The maximum atomic E-state index is 6.14. The van der Waals surface area contributed by atoms with Crippen LogP contribution in [0, 0.1) is 5.92 Å². The van der Waals surface area contributed by atoms with Crippen LogP contribution in [0.2, 0.25) is 0 Å². The van der Waals surface area contributed by atoms with Gasteiger partial charge in [0.1, 0.15) is 23.8 Å². The molecule has 0 unspecified atom stereocenters. The lowest BCUT2D eigenvalue weighted by Crippen LogP contribution is -2.42. The van der Waals surface area contributed by atoms with Gasteiger partial charge in [0.05, 0.1) is 7.11 Å². The highest BCUT2D eigenvalue weighted by Crippen LogP contribution is 2.36. The van der Waals surface area contributed by atoms with Crippen molar-refractivity contribution in [2.24, 2.45) is 5.92 Å². The van der Waals surface area contributed by atoms with Crippen molar-refractivity contribution >= 4 is 6.08 Å². The molecule has 3 aromatic rings. The van der Waals surface area contributed by atoms with Crippen molar-refractivity contribution in [3.05, 3.63) is 71.5 Å². The second kappa shape index (κ2) is 8.36. The van der Waals surface area contributed by atoms with Gasteiger partial charge in [-0.2, -0.15) is 0 Å². The van der Waals surface area contributed by atoms with E-state index in [0.717, 1.165) is 40.6 Å². The number of aromatic nitrogens is 1. The predicted molar refractivity (Wildman–Crippen MR) is 116 cm³/mol. The third kappa shape index (κ3) is 3.98. The Kier molecular flexibility index (Phi) is 5.28. The molecule has 3 saturated heterocycles. The number of piperidine rings is 3. The Balaban J connectivity index is 1.40. The second-order valence-corrected chi connectivity index (χ2v) is 8.02. The number of benzene rings is 2. The molecule has 4 heterocycles. The van der Waals surface area contributed by atoms with Crippen molar-refractivity contribution in [3.63, 3.8) is 0 Å². The molecule has 0 amide bonds. The number of ether oxygens (including phenoxy) is 2. The van der Waals surface area contributed by atoms with E-state index in [0.29, 0.717) is 12.5 Å². The number of methoxy groups -OCH3 is 1. The van der Waals surface area contributed by atoms with E-state index in [4.69, 9.17) is 14.0 Å². The molecule has 1 aromatic heterocycles. The first kappa shape index (κ1) is 18.9. The van der Waals surface area contributed by atoms with Crippen LogP contribution < -0.4 is 9.47 Å². The lowest BCUT2D eigenvalue weighted by Gasteiger charge is -2.40. The summed E-state index contributed by atoms with van der Waals surface area (Å²) in [5.74, 6) is 2.97. The Morgan fingerprint density at radius 2 is 1.93 bits per heavy atom. The SMILES string of the molecule is COc1ccc(-c2cc(/C=C3\CN4CCC3CC4)on2)c(OCc2ccccc2)c1. The lowest BCUT2D eigenvalue weighted by molar-refractivity contribution is 0.163. The molecule has 5 heteroatoms. The molecule has 2 aromatic carbocycles. The largest absolute Gasteiger partial charge is 0.497 e. The minimum atomic E-state index is 0.479. The van der Waals surface area contributed by atoms with Crippen LogP contribution in [0.4, 0.5) is 0 Å². The minimum Gasteiger partial charge on any atom is -0.497 e. The molecule has 30 heavy (non-hydrogen) atoms. The van der Waals surface area contributed by atoms with Gasteiger partial charge in [-0.3, -0.25) is 4.90 Å². The first-order valence-corrected chi connectivity index (χ1v) is 10.5. The zero-order valence-corrected chi connectivity index (χ0v) is 17.2. The fourth-order valence-electron chi connectivity index (χ4n) is 4.38. The molecule has 0 saturated carbocycles. The summed E-state index contributed by atoms with van der Waals surface area (Å²) in [6.45, 7) is 3.97. The summed E-state index contributed by atoms with van der Waals surface area (Å²) in [7, 11) is 1.66. The molecule has 0 N–H and O–H groups in total. The third-order valence-corrected chi connectivity index (χ3v) is 6.08. The van der Waals surface area contributed by atoms with Gasteiger partial charge < -0.3 is 14.0 Å². The van der Waals surface area contributed by atoms with E-state index in [1.54, 1.807) is 7.11 Å². The van der Waals surface area contributed by atoms with Crippen molar-refractivity contribution in [1.29, 1.82) is 0 Å². The summed E-state index contributed by atoms with van der Waals surface area (Å²) in [5.41, 5.74) is 4.24. The fraction of sp³-hybridized carbons (Fsp3) is 0.320. The van der Waals surface area contributed by atoms with Gasteiger partial charge in [0.15, 0.2) is 5.76 Å². The van der Waals surface area contributed by atoms with Crippen LogP contribution in [0.1, 0.15) is 24.2 Å². The van der Waals surface area contributed by atoms with E-state index in [1.165, 1.54) is 31.5 Å². The maximum absolute atomic E-state index is 6.14. The van der Waals surface area contributed by atoms with E-state index in [1.807, 2.05) is 54.6 Å². The van der Waals surface area contributed by atoms with Crippen molar-refractivity contribution in [2.45, 2.75) is 19.4 Å². The number of fused-ring (bicyclic) bond motifs is 3. The number of hydrogen-bond acceptors (Lipinski definition) is 5. The van der Waals surface area contributed by atoms with Gasteiger partial charge in [0, 0.05) is 24.2 Å². The third-order valence-electron chi connectivity index (χ3n) is 6.08. The molecule has 154 valence electrons. The molecule has 3 fully saturated rings. The summed E-state index contributed by atoms with van der Waals surface area (Å²) in [5, 5.41) is 4.33. The highest BCUT2D eigenvalue weighted by atomic mass is 16.5. The van der Waals surface area contributed by atoms with Crippen LogP contribution in [0.15, 0.2) is 64.7 Å². The number of rotatable bonds is 6. The number of nitrogens with zero attached hydrogens (tertiary/aromatic N) is 2. The average molecular weight is 402 g/mol. The van der Waals surface area contributed by atoms with E-state index < -0.39 is 0 Å². The van der Waals surface area contributed by atoms with Gasteiger partial charge in [-0.1, -0.05) is 35.5 Å². The number of hydrogen-bond donors (Lipinski definition) is 0. The summed E-state index contributed by atoms with van der Waals surface area (Å²) in [6, 6.07) is 17.9. The molecule has 2 bridgehead atoms. The van der Waals surface area contributed by atoms with Gasteiger partial charge in [-0.15, -0.1) is 0 Å². The van der Waals surface area contributed by atoms with E-state index in [-0.39, 0.29) is 0 Å². The molecular formula is C25H26N2O3. The molecule has 3 aliphatic rings. The molecule has 0 spiro atoms. The average Bonchev–Trinajstić information content (AvgIpc) is 3.27. The predicted octanol–water partition coefficient (Wildman–Crippen LogP) is 5.04. The topological polar surface area (TPSA) is 47.7 Å². The first-order valence-electron chi connectivity index (χ1n) is 10.5. The molecule has 0 aliphatic carbocycles. The monoisotopic (exact) mass is 402 g/mol.